The topological polar surface area (TPSA) is 69.6 Å². The first-order chi connectivity index (χ1) is 13.7. The van der Waals surface area contributed by atoms with Gasteiger partial charge in [0.25, 0.3) is 5.91 Å². The molecule has 2 fully saturated rings. The van der Waals surface area contributed by atoms with Crippen molar-refractivity contribution in [2.45, 2.75) is 38.2 Å². The third kappa shape index (κ3) is 4.50. The predicted octanol–water partition coefficient (Wildman–Crippen LogP) is 2.53. The van der Waals surface area contributed by atoms with E-state index < -0.39 is 0 Å². The van der Waals surface area contributed by atoms with Gasteiger partial charge in [-0.05, 0) is 55.7 Å². The molecular formula is C22H28N4O2. The van der Waals surface area contributed by atoms with Crippen LogP contribution in [0.15, 0.2) is 42.5 Å². The number of rotatable bonds is 4. The van der Waals surface area contributed by atoms with Crippen molar-refractivity contribution < 1.29 is 9.90 Å². The minimum Gasteiger partial charge on any atom is -0.393 e. The van der Waals surface area contributed by atoms with Crippen molar-refractivity contribution >= 4 is 11.7 Å². The molecule has 2 saturated heterocycles. The maximum atomic E-state index is 12.5. The van der Waals surface area contributed by atoms with Crippen LogP contribution >= 0.6 is 0 Å². The molecule has 1 aromatic heterocycles. The van der Waals surface area contributed by atoms with Crippen molar-refractivity contribution in [3.05, 3.63) is 53.7 Å². The van der Waals surface area contributed by atoms with Gasteiger partial charge in [0, 0.05) is 26.2 Å². The van der Waals surface area contributed by atoms with Crippen LogP contribution < -0.4 is 4.90 Å². The Hall–Kier alpha value is -2.47. The monoisotopic (exact) mass is 380 g/mol. The van der Waals surface area contributed by atoms with E-state index in [2.05, 4.69) is 45.4 Å². The Kier molecular flexibility index (Phi) is 5.86. The van der Waals surface area contributed by atoms with E-state index >= 15 is 0 Å². The first-order valence-electron chi connectivity index (χ1n) is 10.3. The molecule has 0 radical (unpaired) electrons. The Morgan fingerprint density at radius 2 is 1.64 bits per heavy atom. The van der Waals surface area contributed by atoms with E-state index in [4.69, 9.17) is 0 Å². The van der Waals surface area contributed by atoms with E-state index in [1.807, 2.05) is 6.07 Å². The van der Waals surface area contributed by atoms with Crippen LogP contribution in [0.1, 0.15) is 41.7 Å². The normalized spacial score (nSPS) is 19.0. The number of benzene rings is 1. The second-order valence-corrected chi connectivity index (χ2v) is 7.92. The lowest BCUT2D eigenvalue weighted by Gasteiger charge is -2.32. The van der Waals surface area contributed by atoms with Crippen LogP contribution in [-0.4, -0.2) is 58.4 Å². The van der Waals surface area contributed by atoms with Gasteiger partial charge in [0.2, 0.25) is 0 Å². The molecule has 6 nitrogen and oxygen atoms in total. The predicted molar refractivity (Wildman–Crippen MR) is 108 cm³/mol. The number of hydrogen-bond acceptors (Lipinski definition) is 5. The van der Waals surface area contributed by atoms with Gasteiger partial charge in [-0.2, -0.15) is 0 Å². The molecule has 0 spiro atoms. The van der Waals surface area contributed by atoms with Gasteiger partial charge in [-0.25, -0.2) is 0 Å². The zero-order valence-electron chi connectivity index (χ0n) is 16.2. The summed E-state index contributed by atoms with van der Waals surface area (Å²) in [5, 5.41) is 18.1. The van der Waals surface area contributed by atoms with E-state index in [-0.39, 0.29) is 12.0 Å². The summed E-state index contributed by atoms with van der Waals surface area (Å²) >= 11 is 0. The first kappa shape index (κ1) is 18.9. The summed E-state index contributed by atoms with van der Waals surface area (Å²) in [4.78, 5) is 16.6. The van der Waals surface area contributed by atoms with Gasteiger partial charge >= 0.3 is 0 Å². The summed E-state index contributed by atoms with van der Waals surface area (Å²) in [6, 6.07) is 14.4. The van der Waals surface area contributed by atoms with Crippen molar-refractivity contribution in [2.24, 2.45) is 5.92 Å². The fourth-order valence-corrected chi connectivity index (χ4v) is 4.15. The number of nitrogens with zero attached hydrogens (tertiary/aromatic N) is 4. The number of likely N-dealkylation sites (tertiary alicyclic amines) is 1. The molecule has 2 aromatic rings. The minimum atomic E-state index is -0.290. The molecule has 148 valence electrons. The van der Waals surface area contributed by atoms with Gasteiger partial charge < -0.3 is 14.9 Å². The van der Waals surface area contributed by atoms with Crippen LogP contribution in [0, 0.1) is 5.92 Å². The number of hydrogen-bond donors (Lipinski definition) is 1. The summed E-state index contributed by atoms with van der Waals surface area (Å²) < 4.78 is 0. The molecule has 1 aromatic carbocycles. The molecule has 6 heteroatoms. The lowest BCUT2D eigenvalue weighted by Crippen LogP contribution is -2.40. The van der Waals surface area contributed by atoms with Crippen LogP contribution in [0.3, 0.4) is 0 Å². The third-order valence-corrected chi connectivity index (χ3v) is 5.93. The maximum absolute atomic E-state index is 12.5. The van der Waals surface area contributed by atoms with Gasteiger partial charge in [-0.1, -0.05) is 30.3 Å². The summed E-state index contributed by atoms with van der Waals surface area (Å²) in [6.07, 6.45) is 4.41. The first-order valence-corrected chi connectivity index (χ1v) is 10.3. The molecule has 1 N–H and O–H groups in total. The molecule has 3 heterocycles. The summed E-state index contributed by atoms with van der Waals surface area (Å²) in [5.41, 5.74) is 1.80. The molecule has 0 bridgehead atoms. The van der Waals surface area contributed by atoms with Gasteiger partial charge in [0.15, 0.2) is 11.5 Å². The average molecular weight is 380 g/mol. The number of aliphatic hydroxyl groups excluding tert-OH is 1. The van der Waals surface area contributed by atoms with Crippen LogP contribution in [0.5, 0.6) is 0 Å². The standard InChI is InChI=1S/C22H28N4O2/c27-19-10-14-26(15-11-19)22(28)20-6-7-21(24-23-20)25-12-8-18(9-13-25)16-17-4-2-1-3-5-17/h1-7,18-19,27H,8-16H2. The lowest BCUT2D eigenvalue weighted by atomic mass is 9.90. The van der Waals surface area contributed by atoms with Crippen LogP contribution in [-0.2, 0) is 6.42 Å². The van der Waals surface area contributed by atoms with Crippen molar-refractivity contribution in [3.63, 3.8) is 0 Å². The van der Waals surface area contributed by atoms with Crippen LogP contribution in [0.25, 0.3) is 0 Å². The summed E-state index contributed by atoms with van der Waals surface area (Å²) in [6.45, 7) is 3.11. The number of carbonyl (C=O) groups is 1. The van der Waals surface area contributed by atoms with Gasteiger partial charge in [-0.3, -0.25) is 4.79 Å². The van der Waals surface area contributed by atoms with Crippen LogP contribution in [0.2, 0.25) is 0 Å². The molecule has 0 unspecified atom stereocenters. The zero-order chi connectivity index (χ0) is 19.3. The largest absolute Gasteiger partial charge is 0.393 e. The van der Waals surface area contributed by atoms with E-state index in [1.165, 1.54) is 5.56 Å². The van der Waals surface area contributed by atoms with E-state index in [0.717, 1.165) is 38.2 Å². The Morgan fingerprint density at radius 3 is 2.29 bits per heavy atom. The molecule has 4 rings (SSSR count). The van der Waals surface area contributed by atoms with Gasteiger partial charge in [0.1, 0.15) is 0 Å². The Balaban J connectivity index is 1.30. The number of aliphatic hydroxyl groups is 1. The molecule has 28 heavy (non-hydrogen) atoms. The number of anilines is 1. The SMILES string of the molecule is O=C(c1ccc(N2CCC(Cc3ccccc3)CC2)nn1)N1CCC(O)CC1. The van der Waals surface area contributed by atoms with Crippen LogP contribution in [0.4, 0.5) is 5.82 Å². The zero-order valence-corrected chi connectivity index (χ0v) is 16.2. The van der Waals surface area contributed by atoms with Crippen molar-refractivity contribution in [1.29, 1.82) is 0 Å². The van der Waals surface area contributed by atoms with Gasteiger partial charge in [0.05, 0.1) is 6.10 Å². The highest BCUT2D eigenvalue weighted by molar-refractivity contribution is 5.92. The molecule has 0 atom stereocenters. The minimum absolute atomic E-state index is 0.0903. The van der Waals surface area contributed by atoms with E-state index in [9.17, 15) is 9.90 Å². The molecule has 2 aliphatic rings. The Morgan fingerprint density at radius 1 is 0.929 bits per heavy atom. The Bertz CT molecular complexity index is 765. The summed E-state index contributed by atoms with van der Waals surface area (Å²) in [7, 11) is 0. The molecule has 1 amide bonds. The average Bonchev–Trinajstić information content (AvgIpc) is 2.75. The van der Waals surface area contributed by atoms with Crippen molar-refractivity contribution in [1.82, 2.24) is 15.1 Å². The second kappa shape index (κ2) is 8.69. The fourth-order valence-electron chi connectivity index (χ4n) is 4.15. The highest BCUT2D eigenvalue weighted by Crippen LogP contribution is 2.24. The molecular weight excluding hydrogens is 352 g/mol. The molecule has 2 aliphatic heterocycles. The van der Waals surface area contributed by atoms with E-state index in [0.29, 0.717) is 37.5 Å². The van der Waals surface area contributed by atoms with Gasteiger partial charge in [-0.15, -0.1) is 10.2 Å². The number of piperidine rings is 2. The fraction of sp³-hybridized carbons (Fsp3) is 0.500. The molecule has 0 aliphatic carbocycles. The quantitative estimate of drug-likeness (QED) is 0.883. The number of aromatic nitrogens is 2. The highest BCUT2D eigenvalue weighted by atomic mass is 16.3. The highest BCUT2D eigenvalue weighted by Gasteiger charge is 2.24. The number of amides is 1. The molecule has 0 saturated carbocycles. The van der Waals surface area contributed by atoms with Crippen molar-refractivity contribution in [2.75, 3.05) is 31.1 Å². The maximum Gasteiger partial charge on any atom is 0.274 e. The van der Waals surface area contributed by atoms with Crippen molar-refractivity contribution in [3.8, 4) is 0 Å². The smallest absolute Gasteiger partial charge is 0.274 e. The lowest BCUT2D eigenvalue weighted by molar-refractivity contribution is 0.0540. The van der Waals surface area contributed by atoms with E-state index in [1.54, 1.807) is 11.0 Å². The number of carbonyl (C=O) groups excluding carboxylic acids is 1. The Labute approximate surface area is 166 Å². The second-order valence-electron chi connectivity index (χ2n) is 7.92. The third-order valence-electron chi connectivity index (χ3n) is 5.93. The summed E-state index contributed by atoms with van der Waals surface area (Å²) in [5.74, 6) is 1.47.